The van der Waals surface area contributed by atoms with Gasteiger partial charge in [0.1, 0.15) is 11.6 Å². The number of benzene rings is 1. The van der Waals surface area contributed by atoms with E-state index in [0.29, 0.717) is 11.3 Å². The largest absolute Gasteiger partial charge is 0.481 e. The first-order chi connectivity index (χ1) is 7.41. The molecule has 1 unspecified atom stereocenters. The van der Waals surface area contributed by atoms with Gasteiger partial charge in [-0.25, -0.2) is 4.39 Å². The minimum Gasteiger partial charge on any atom is -0.481 e. The van der Waals surface area contributed by atoms with E-state index in [0.717, 1.165) is 0 Å². The van der Waals surface area contributed by atoms with Crippen LogP contribution in [0.4, 0.5) is 4.39 Å². The highest BCUT2D eigenvalue weighted by Crippen LogP contribution is 2.17. The lowest BCUT2D eigenvalue weighted by atomic mass is 10.2. The van der Waals surface area contributed by atoms with E-state index in [9.17, 15) is 9.18 Å². The van der Waals surface area contributed by atoms with Gasteiger partial charge in [0.15, 0.2) is 6.10 Å². The van der Waals surface area contributed by atoms with Crippen LogP contribution in [0.1, 0.15) is 12.5 Å². The summed E-state index contributed by atoms with van der Waals surface area (Å²) >= 11 is 0. The molecule has 1 atom stereocenters. The van der Waals surface area contributed by atoms with Crippen LogP contribution in [0.25, 0.3) is 0 Å². The van der Waals surface area contributed by atoms with Crippen molar-refractivity contribution in [3.63, 3.8) is 0 Å². The lowest BCUT2D eigenvalue weighted by Gasteiger charge is -2.18. The van der Waals surface area contributed by atoms with Crippen molar-refractivity contribution in [3.8, 4) is 5.75 Å². The lowest BCUT2D eigenvalue weighted by Crippen LogP contribution is -2.35. The number of carbonyl (C=O) groups is 1. The normalized spacial score (nSPS) is 12.1. The third-order valence-electron chi connectivity index (χ3n) is 2.24. The summed E-state index contributed by atoms with van der Waals surface area (Å²) in [5.41, 5.74) is 0.555. The van der Waals surface area contributed by atoms with Crippen LogP contribution < -0.4 is 4.74 Å². The second kappa shape index (κ2) is 4.96. The van der Waals surface area contributed by atoms with Crippen LogP contribution in [0.3, 0.4) is 0 Å². The number of carbonyl (C=O) groups excluding carboxylic acids is 1. The molecule has 0 spiro atoms. The molecule has 1 rings (SSSR count). The fraction of sp³-hybridized carbons (Fsp3) is 0.417. The first kappa shape index (κ1) is 12.5. The Morgan fingerprint density at radius 1 is 1.44 bits per heavy atom. The van der Waals surface area contributed by atoms with E-state index in [1.165, 1.54) is 11.0 Å². The molecule has 4 heteroatoms. The van der Waals surface area contributed by atoms with Crippen molar-refractivity contribution < 1.29 is 13.9 Å². The van der Waals surface area contributed by atoms with Gasteiger partial charge in [0.05, 0.1) is 0 Å². The van der Waals surface area contributed by atoms with E-state index in [-0.39, 0.29) is 11.7 Å². The van der Waals surface area contributed by atoms with Crippen LogP contribution in [-0.2, 0) is 4.79 Å². The van der Waals surface area contributed by atoms with Crippen molar-refractivity contribution in [2.45, 2.75) is 20.0 Å². The highest BCUT2D eigenvalue weighted by molar-refractivity contribution is 5.80. The minimum absolute atomic E-state index is 0.152. The van der Waals surface area contributed by atoms with Crippen LogP contribution in [-0.4, -0.2) is 31.0 Å². The predicted octanol–water partition coefficient (Wildman–Crippen LogP) is 1.99. The summed E-state index contributed by atoms with van der Waals surface area (Å²) in [6, 6.07) is 4.56. The molecular weight excluding hydrogens is 209 g/mol. The van der Waals surface area contributed by atoms with Crippen LogP contribution in [0, 0.1) is 12.7 Å². The van der Waals surface area contributed by atoms with E-state index >= 15 is 0 Å². The van der Waals surface area contributed by atoms with E-state index in [1.807, 2.05) is 0 Å². The molecule has 0 aromatic heterocycles. The quantitative estimate of drug-likeness (QED) is 0.787. The number of nitrogens with zero attached hydrogens (tertiary/aromatic N) is 1. The monoisotopic (exact) mass is 225 g/mol. The van der Waals surface area contributed by atoms with Gasteiger partial charge in [-0.1, -0.05) is 6.07 Å². The van der Waals surface area contributed by atoms with Gasteiger partial charge in [-0.2, -0.15) is 0 Å². The van der Waals surface area contributed by atoms with E-state index in [2.05, 4.69) is 0 Å². The molecule has 0 heterocycles. The molecule has 0 fully saturated rings. The minimum atomic E-state index is -0.614. The van der Waals surface area contributed by atoms with Gasteiger partial charge in [-0.3, -0.25) is 4.79 Å². The molecule has 1 aromatic rings. The molecule has 0 radical (unpaired) electrons. The van der Waals surface area contributed by atoms with Crippen LogP contribution >= 0.6 is 0 Å². The van der Waals surface area contributed by atoms with Gasteiger partial charge >= 0.3 is 0 Å². The molecule has 0 aliphatic heterocycles. The lowest BCUT2D eigenvalue weighted by molar-refractivity contribution is -0.135. The standard InChI is InChI=1S/C12H16FNO2/c1-8-5-6-10(7-11(8)13)16-9(2)12(15)14(3)4/h5-7,9H,1-4H3. The maximum Gasteiger partial charge on any atom is 0.262 e. The second-order valence-electron chi connectivity index (χ2n) is 3.90. The molecule has 16 heavy (non-hydrogen) atoms. The summed E-state index contributed by atoms with van der Waals surface area (Å²) in [5.74, 6) is -0.117. The van der Waals surface area contributed by atoms with Gasteiger partial charge in [-0.15, -0.1) is 0 Å². The summed E-state index contributed by atoms with van der Waals surface area (Å²) in [7, 11) is 3.30. The van der Waals surface area contributed by atoms with Crippen LogP contribution in [0.5, 0.6) is 5.75 Å². The Kier molecular flexibility index (Phi) is 3.88. The Labute approximate surface area is 94.8 Å². The molecule has 3 nitrogen and oxygen atoms in total. The molecule has 0 bridgehead atoms. The van der Waals surface area contributed by atoms with Crippen molar-refractivity contribution in [2.75, 3.05) is 14.1 Å². The van der Waals surface area contributed by atoms with Gasteiger partial charge in [0.25, 0.3) is 5.91 Å². The number of halogens is 1. The fourth-order valence-corrected chi connectivity index (χ4v) is 1.27. The Morgan fingerprint density at radius 3 is 2.56 bits per heavy atom. The Balaban J connectivity index is 2.73. The van der Waals surface area contributed by atoms with Crippen LogP contribution in [0.2, 0.25) is 0 Å². The third-order valence-corrected chi connectivity index (χ3v) is 2.24. The smallest absolute Gasteiger partial charge is 0.262 e. The van der Waals surface area contributed by atoms with Crippen molar-refractivity contribution in [3.05, 3.63) is 29.6 Å². The number of hydrogen-bond donors (Lipinski definition) is 0. The first-order valence-electron chi connectivity index (χ1n) is 5.06. The molecule has 1 amide bonds. The van der Waals surface area contributed by atoms with Crippen molar-refractivity contribution >= 4 is 5.91 Å². The summed E-state index contributed by atoms with van der Waals surface area (Å²) < 4.78 is 18.6. The maximum absolute atomic E-state index is 13.2. The maximum atomic E-state index is 13.2. The highest BCUT2D eigenvalue weighted by Gasteiger charge is 2.16. The summed E-state index contributed by atoms with van der Waals surface area (Å²) in [6.45, 7) is 3.31. The van der Waals surface area contributed by atoms with E-state index in [4.69, 9.17) is 4.74 Å². The number of amides is 1. The molecule has 88 valence electrons. The Bertz CT molecular complexity index is 391. The molecular formula is C12H16FNO2. The molecule has 0 saturated carbocycles. The zero-order valence-corrected chi connectivity index (χ0v) is 9.95. The average Bonchev–Trinajstić information content (AvgIpc) is 2.22. The zero-order chi connectivity index (χ0) is 12.3. The number of aryl methyl sites for hydroxylation is 1. The zero-order valence-electron chi connectivity index (χ0n) is 9.95. The van der Waals surface area contributed by atoms with Gasteiger partial charge < -0.3 is 9.64 Å². The van der Waals surface area contributed by atoms with Gasteiger partial charge in [0.2, 0.25) is 0 Å². The van der Waals surface area contributed by atoms with Crippen molar-refractivity contribution in [1.82, 2.24) is 4.90 Å². The summed E-state index contributed by atoms with van der Waals surface area (Å²) in [4.78, 5) is 12.9. The van der Waals surface area contributed by atoms with Gasteiger partial charge in [-0.05, 0) is 25.5 Å². The first-order valence-corrected chi connectivity index (χ1v) is 5.06. The molecule has 1 aromatic carbocycles. The number of ether oxygens (including phenoxy) is 1. The summed E-state index contributed by atoms with van der Waals surface area (Å²) in [6.07, 6.45) is -0.614. The fourth-order valence-electron chi connectivity index (χ4n) is 1.27. The SMILES string of the molecule is Cc1ccc(OC(C)C(=O)N(C)C)cc1F. The third kappa shape index (κ3) is 2.95. The van der Waals surface area contributed by atoms with Crippen molar-refractivity contribution in [2.24, 2.45) is 0 Å². The average molecular weight is 225 g/mol. The summed E-state index contributed by atoms with van der Waals surface area (Å²) in [5, 5.41) is 0. The van der Waals surface area contributed by atoms with E-state index in [1.54, 1.807) is 40.1 Å². The second-order valence-corrected chi connectivity index (χ2v) is 3.90. The predicted molar refractivity (Wildman–Crippen MR) is 59.9 cm³/mol. The molecule has 0 N–H and O–H groups in total. The van der Waals surface area contributed by atoms with Crippen LogP contribution in [0.15, 0.2) is 18.2 Å². The van der Waals surface area contributed by atoms with Gasteiger partial charge in [0, 0.05) is 20.2 Å². The highest BCUT2D eigenvalue weighted by atomic mass is 19.1. The Hall–Kier alpha value is -1.58. The number of rotatable bonds is 3. The van der Waals surface area contributed by atoms with Crippen molar-refractivity contribution in [1.29, 1.82) is 0 Å². The molecule has 0 aliphatic carbocycles. The Morgan fingerprint density at radius 2 is 2.06 bits per heavy atom. The topological polar surface area (TPSA) is 29.5 Å². The molecule has 0 aliphatic rings. The molecule has 0 saturated heterocycles. The number of hydrogen-bond acceptors (Lipinski definition) is 2. The van der Waals surface area contributed by atoms with E-state index < -0.39 is 6.10 Å². The number of likely N-dealkylation sites (N-methyl/N-ethyl adjacent to an activating group) is 1.